The predicted octanol–water partition coefficient (Wildman–Crippen LogP) is 10.1. The van der Waals surface area contributed by atoms with E-state index in [2.05, 4.69) is 63.8 Å². The Balaban J connectivity index is 0.000000664. The third-order valence-electron chi connectivity index (χ3n) is 14.4. The number of amides is 8. The van der Waals surface area contributed by atoms with Gasteiger partial charge in [0.1, 0.15) is 28.4 Å². The van der Waals surface area contributed by atoms with Crippen LogP contribution in [-0.4, -0.2) is 182 Å². The maximum absolute atomic E-state index is 11.8. The fourth-order valence-corrected chi connectivity index (χ4v) is 9.47. The summed E-state index contributed by atoms with van der Waals surface area (Å²) in [6.45, 7) is 22.2. The number of ketones is 4. The summed E-state index contributed by atoms with van der Waals surface area (Å²) in [4.78, 5) is 146. The maximum atomic E-state index is 11.8. The van der Waals surface area contributed by atoms with Crippen LogP contribution in [0.5, 0.6) is 0 Å². The van der Waals surface area contributed by atoms with Crippen molar-refractivity contribution < 1.29 is 76.5 Å². The average molecular weight is 1670 g/mol. The molecule has 0 bridgehead atoms. The van der Waals surface area contributed by atoms with Gasteiger partial charge in [-0.1, -0.05) is 137 Å². The van der Waals surface area contributed by atoms with E-state index < -0.39 is 40.3 Å². The SMILES string of the molecule is CC(C)(C)OC(=O)NCCCNC(=O)c1ccccc1.CC(C)(C)OC(=O)NCCN.CC(C)(C)OC(=O)NCCNC(=O)c1ccccc1.NCCCNC(=O)c1ccccc1.NCCNC(=O)c1ccccc1.O=C(Cl)c1ccccc1.O=C1CCC(Br)C(=O)C1.O=C1CCC(NCCCNC(=O)c2ccccc2)C(=O)C1. The summed E-state index contributed by atoms with van der Waals surface area (Å²) in [6.07, 6.45) is 3.38. The molecular weight excluding hydrogens is 1550 g/mol. The van der Waals surface area contributed by atoms with Gasteiger partial charge in [0.2, 0.25) is 0 Å². The average Bonchev–Trinajstić information content (AvgIpc) is 0.896. The van der Waals surface area contributed by atoms with E-state index in [1.54, 1.807) is 118 Å². The summed E-state index contributed by atoms with van der Waals surface area (Å²) in [7, 11) is 0. The number of alkyl halides is 1. The van der Waals surface area contributed by atoms with Gasteiger partial charge in [0, 0.05) is 112 Å². The number of alkyl carbamates (subject to hydrolysis) is 3. The number of carbonyl (C=O) groups is 13. The minimum absolute atomic E-state index is 0.0143. The Morgan fingerprint density at radius 1 is 0.351 bits per heavy atom. The molecule has 0 aliphatic heterocycles. The van der Waals surface area contributed by atoms with Gasteiger partial charge in [-0.15, -0.1) is 0 Å². The van der Waals surface area contributed by atoms with Crippen LogP contribution in [-0.2, 0) is 33.4 Å². The molecule has 15 N–H and O–H groups in total. The Hall–Kier alpha value is -10.6. The quantitative estimate of drug-likeness (QED) is 0.00833. The smallest absolute Gasteiger partial charge is 0.407 e. The molecule has 2 saturated carbocycles. The van der Waals surface area contributed by atoms with Crippen LogP contribution in [0.1, 0.15) is 182 Å². The molecule has 2 aliphatic rings. The first-order chi connectivity index (χ1) is 54.1. The van der Waals surface area contributed by atoms with E-state index in [9.17, 15) is 62.3 Å². The molecule has 6 aromatic rings. The highest BCUT2D eigenvalue weighted by Crippen LogP contribution is 2.18. The van der Waals surface area contributed by atoms with Crippen molar-refractivity contribution in [2.24, 2.45) is 17.2 Å². The first-order valence-corrected chi connectivity index (χ1v) is 38.8. The zero-order chi connectivity index (χ0) is 85.2. The lowest BCUT2D eigenvalue weighted by molar-refractivity contribution is -0.132. The molecule has 0 aromatic heterocycles. The predicted molar refractivity (Wildman–Crippen MR) is 446 cm³/mol. The number of nitrogens with two attached hydrogens (primary N) is 3. The summed E-state index contributed by atoms with van der Waals surface area (Å²) in [5.74, 6) is -0.325. The minimum atomic E-state index is -0.516. The minimum Gasteiger partial charge on any atom is -0.444 e. The molecule has 30 heteroatoms. The van der Waals surface area contributed by atoms with Crippen molar-refractivity contribution in [3.63, 3.8) is 0 Å². The summed E-state index contributed by atoms with van der Waals surface area (Å²) >= 11 is 8.34. The van der Waals surface area contributed by atoms with Crippen molar-refractivity contribution in [2.75, 3.05) is 78.5 Å². The summed E-state index contributed by atoms with van der Waals surface area (Å²) in [5.41, 5.74) is 18.1. The van der Waals surface area contributed by atoms with E-state index in [0.29, 0.717) is 144 Å². The van der Waals surface area contributed by atoms with E-state index in [1.165, 1.54) is 0 Å². The van der Waals surface area contributed by atoms with Gasteiger partial charge in [-0.2, -0.15) is 0 Å². The highest BCUT2D eigenvalue weighted by Gasteiger charge is 2.27. The number of ether oxygens (including phenoxy) is 3. The molecule has 8 rings (SSSR count). The van der Waals surface area contributed by atoms with Crippen LogP contribution < -0.4 is 65.1 Å². The van der Waals surface area contributed by atoms with Crippen molar-refractivity contribution in [1.82, 2.24) is 47.9 Å². The second-order valence-corrected chi connectivity index (χ2v) is 29.3. The second kappa shape index (κ2) is 59.2. The number of hydrogen-bond acceptors (Lipinski definition) is 20. The van der Waals surface area contributed by atoms with E-state index in [4.69, 9.17) is 43.0 Å². The molecule has 2 aliphatic carbocycles. The Kier molecular flexibility index (Phi) is 52.7. The maximum Gasteiger partial charge on any atom is 0.407 e. The lowest BCUT2D eigenvalue weighted by atomic mass is 9.93. The van der Waals surface area contributed by atoms with Crippen LogP contribution in [0, 0.1) is 0 Å². The van der Waals surface area contributed by atoms with Crippen LogP contribution in [0.2, 0.25) is 0 Å². The molecule has 2 unspecified atom stereocenters. The Labute approximate surface area is 683 Å². The molecule has 2 atom stereocenters. The highest BCUT2D eigenvalue weighted by atomic mass is 79.9. The molecule has 2 fully saturated rings. The Morgan fingerprint density at radius 2 is 0.614 bits per heavy atom. The molecule has 0 heterocycles. The van der Waals surface area contributed by atoms with E-state index in [1.807, 2.05) is 126 Å². The van der Waals surface area contributed by atoms with Crippen molar-refractivity contribution >= 4 is 104 Å². The number of hydrogen-bond donors (Lipinski definition) is 12. The second-order valence-electron chi connectivity index (χ2n) is 27.9. The van der Waals surface area contributed by atoms with Crippen molar-refractivity contribution in [3.05, 3.63) is 215 Å². The standard InChI is InChI=1S/C16H20N2O3.C15H22N2O3.C14H20N2O3.C10H14N2O.C9H12N2O.C7H5ClO.C7H16N2O2.C6H7BrO2/c19-13-7-8-14(15(20)11-13)17-9-4-10-18-16(21)12-5-2-1-3-6-12;1-15(2,3)20-14(19)17-11-7-10-16-13(18)12-8-5-4-6-9-12;1-14(2,3)19-13(18)16-10-9-15-12(17)11-7-5-4-6-8-11;11-7-4-8-12-10(13)9-5-2-1-3-6-9;10-6-7-11-9(12)8-4-2-1-3-5-8;8-7(9)6-4-2-1-3-5-6;1-7(2,3)11-6(10)9-5-4-8;7-5-2-1-4(8)3-6(5)9/h1-3,5-6,14,17H,4,7-11H2,(H,18,21);4-6,8-9H,7,10-11H2,1-3H3,(H,16,18)(H,17,19);4-8H,9-10H2,1-3H3,(H,15,17)(H,16,18);1-3,5-6H,4,7-8,11H2,(H,12,13);1-5H,6-7,10H2,(H,11,12);1-5H;4-5,8H2,1-3H3,(H,9,10);5H,1-3H2. The van der Waals surface area contributed by atoms with Gasteiger partial charge in [0.25, 0.3) is 34.8 Å². The van der Waals surface area contributed by atoms with Gasteiger partial charge in [0.05, 0.1) is 23.7 Å². The molecule has 28 nitrogen and oxygen atoms in total. The van der Waals surface area contributed by atoms with Crippen molar-refractivity contribution in [2.45, 2.75) is 148 Å². The summed E-state index contributed by atoms with van der Waals surface area (Å²) in [5, 5.41) is 24.3. The fraction of sp³-hybridized carbons (Fsp3) is 0.417. The first-order valence-electron chi connectivity index (χ1n) is 37.5. The number of halogens is 2. The topological polar surface area (TPSA) is 436 Å². The van der Waals surface area contributed by atoms with Crippen LogP contribution >= 0.6 is 27.5 Å². The molecule has 114 heavy (non-hydrogen) atoms. The number of nitrogens with one attached hydrogen (secondary N) is 9. The normalized spacial score (nSPS) is 13.2. The zero-order valence-electron chi connectivity index (χ0n) is 66.8. The number of benzene rings is 6. The van der Waals surface area contributed by atoms with Crippen LogP contribution in [0.15, 0.2) is 182 Å². The van der Waals surface area contributed by atoms with Gasteiger partial charge < -0.3 is 79.3 Å². The molecule has 0 saturated heterocycles. The molecule has 0 radical (unpaired) electrons. The van der Waals surface area contributed by atoms with Crippen LogP contribution in [0.3, 0.4) is 0 Å². The Bertz CT molecular complexity index is 3820. The number of rotatable bonds is 25. The monoisotopic (exact) mass is 1660 g/mol. The largest absolute Gasteiger partial charge is 0.444 e. The van der Waals surface area contributed by atoms with E-state index >= 15 is 0 Å². The fourth-order valence-electron chi connectivity index (χ4n) is 8.95. The lowest BCUT2D eigenvalue weighted by Crippen LogP contribution is -2.42. The third-order valence-corrected chi connectivity index (χ3v) is 15.6. The van der Waals surface area contributed by atoms with E-state index in [-0.39, 0.29) is 76.4 Å². The van der Waals surface area contributed by atoms with E-state index in [0.717, 1.165) is 12.8 Å². The van der Waals surface area contributed by atoms with Crippen LogP contribution in [0.25, 0.3) is 0 Å². The van der Waals surface area contributed by atoms with Crippen molar-refractivity contribution in [3.8, 4) is 0 Å². The van der Waals surface area contributed by atoms with Crippen LogP contribution in [0.4, 0.5) is 14.4 Å². The zero-order valence-corrected chi connectivity index (χ0v) is 69.2. The molecule has 8 amide bonds. The van der Waals surface area contributed by atoms with Gasteiger partial charge >= 0.3 is 18.3 Å². The lowest BCUT2D eigenvalue weighted by Gasteiger charge is -2.21. The third kappa shape index (κ3) is 53.4. The van der Waals surface area contributed by atoms with Gasteiger partial charge in [-0.25, -0.2) is 14.4 Å². The summed E-state index contributed by atoms with van der Waals surface area (Å²) < 4.78 is 15.1. The molecule has 6 aromatic carbocycles. The Morgan fingerprint density at radius 3 is 0.912 bits per heavy atom. The first kappa shape index (κ1) is 101. The highest BCUT2D eigenvalue weighted by molar-refractivity contribution is 9.10. The molecule has 0 spiro atoms. The number of carbonyl (C=O) groups excluding carboxylic acids is 13. The molecule has 622 valence electrons. The van der Waals surface area contributed by atoms with Crippen molar-refractivity contribution in [1.29, 1.82) is 0 Å². The van der Waals surface area contributed by atoms with Gasteiger partial charge in [-0.3, -0.25) is 47.9 Å². The summed E-state index contributed by atoms with van der Waals surface area (Å²) in [6, 6.07) is 53.8. The van der Waals surface area contributed by atoms with Gasteiger partial charge in [-0.05, 0) is 180 Å². The molecular formula is C84H116BrClN12O16. The number of Topliss-reactive ketones (excluding diaryl/α,β-unsaturated/α-hetero) is 4. The van der Waals surface area contributed by atoms with Gasteiger partial charge in [0.15, 0.2) is 11.6 Å².